The largest absolute Gasteiger partial charge is 0.383 e. The normalized spacial score (nSPS) is 12.3. The Bertz CT molecular complexity index is 513. The van der Waals surface area contributed by atoms with Gasteiger partial charge in [-0.3, -0.25) is 0 Å². The van der Waals surface area contributed by atoms with Gasteiger partial charge in [-0.2, -0.15) is 0 Å². The highest BCUT2D eigenvalue weighted by Crippen LogP contribution is 2.27. The number of nitrogen functional groups attached to an aromatic ring is 1. The highest BCUT2D eigenvalue weighted by molar-refractivity contribution is 7.98. The number of rotatable bonds is 6. The van der Waals surface area contributed by atoms with Gasteiger partial charge in [-0.05, 0) is 24.1 Å². The van der Waals surface area contributed by atoms with Crippen LogP contribution in [0, 0.1) is 0 Å². The number of hydrogen-bond donors (Lipinski definition) is 2. The maximum absolute atomic E-state index is 5.80. The monoisotopic (exact) mass is 294 g/mol. The van der Waals surface area contributed by atoms with Crippen molar-refractivity contribution >= 4 is 34.7 Å². The van der Waals surface area contributed by atoms with Crippen LogP contribution < -0.4 is 11.1 Å². The molecule has 0 amide bonds. The molecule has 6 heteroatoms. The van der Waals surface area contributed by atoms with E-state index < -0.39 is 0 Å². The molecule has 0 fully saturated rings. The van der Waals surface area contributed by atoms with Crippen molar-refractivity contribution in [3.8, 4) is 0 Å². The topological polar surface area (TPSA) is 63.8 Å². The Hall–Kier alpha value is -1.27. The number of nitrogens with two attached hydrogens (primary N) is 1. The average molecular weight is 294 g/mol. The summed E-state index contributed by atoms with van der Waals surface area (Å²) in [6, 6.07) is 6.30. The van der Waals surface area contributed by atoms with E-state index >= 15 is 0 Å². The average Bonchev–Trinajstić information content (AvgIpc) is 2.91. The first-order valence-corrected chi connectivity index (χ1v) is 8.32. The van der Waals surface area contributed by atoms with E-state index in [0.29, 0.717) is 11.0 Å². The molecule has 0 aromatic carbocycles. The highest BCUT2D eigenvalue weighted by Gasteiger charge is 2.13. The molecular weight excluding hydrogens is 276 g/mol. The van der Waals surface area contributed by atoms with E-state index in [4.69, 9.17) is 5.73 Å². The summed E-state index contributed by atoms with van der Waals surface area (Å²) in [6.45, 7) is 2.18. The van der Waals surface area contributed by atoms with Crippen LogP contribution in [0.2, 0.25) is 0 Å². The lowest BCUT2D eigenvalue weighted by Gasteiger charge is -2.17. The summed E-state index contributed by atoms with van der Waals surface area (Å²) in [5.41, 5.74) is 5.80. The molecule has 0 bridgehead atoms. The minimum atomic E-state index is 0.286. The van der Waals surface area contributed by atoms with Gasteiger partial charge in [0.05, 0.1) is 6.04 Å². The summed E-state index contributed by atoms with van der Waals surface area (Å²) in [6.07, 6.45) is 4.13. The van der Waals surface area contributed by atoms with Crippen molar-refractivity contribution in [2.45, 2.75) is 31.0 Å². The van der Waals surface area contributed by atoms with Crippen LogP contribution in [0.4, 0.5) is 11.6 Å². The van der Waals surface area contributed by atoms with E-state index in [1.807, 2.05) is 6.26 Å². The third kappa shape index (κ3) is 3.84. The Morgan fingerprint density at radius 3 is 2.95 bits per heavy atom. The zero-order chi connectivity index (χ0) is 13.7. The van der Waals surface area contributed by atoms with Crippen LogP contribution in [0.5, 0.6) is 0 Å². The number of nitrogens with zero attached hydrogens (tertiary/aromatic N) is 2. The number of hydrogen-bond acceptors (Lipinski definition) is 6. The van der Waals surface area contributed by atoms with Crippen molar-refractivity contribution in [2.24, 2.45) is 0 Å². The minimum Gasteiger partial charge on any atom is -0.383 e. The molecular formula is C13H18N4S2. The van der Waals surface area contributed by atoms with E-state index in [2.05, 4.69) is 39.7 Å². The number of aromatic nitrogens is 2. The summed E-state index contributed by atoms with van der Waals surface area (Å²) >= 11 is 3.26. The molecule has 0 aliphatic rings. The van der Waals surface area contributed by atoms with Gasteiger partial charge < -0.3 is 11.1 Å². The summed E-state index contributed by atoms with van der Waals surface area (Å²) in [5.74, 6) is 1.30. The Morgan fingerprint density at radius 1 is 1.47 bits per heavy atom. The summed E-state index contributed by atoms with van der Waals surface area (Å²) in [7, 11) is 0. The standard InChI is InChI=1S/C13H18N4S2/c1-3-5-9(10-6-4-7-19-10)15-12-8-11(14)16-13(17-12)18-2/h4,6-9H,3,5H2,1-2H3,(H3,14,15,16,17). The van der Waals surface area contributed by atoms with Crippen LogP contribution in [-0.2, 0) is 0 Å². The third-order valence-electron chi connectivity index (χ3n) is 2.69. The maximum Gasteiger partial charge on any atom is 0.191 e. The SMILES string of the molecule is CCCC(Nc1cc(N)nc(SC)n1)c1cccs1. The molecule has 0 saturated carbocycles. The van der Waals surface area contributed by atoms with E-state index in [1.165, 1.54) is 16.6 Å². The van der Waals surface area contributed by atoms with Crippen molar-refractivity contribution in [1.29, 1.82) is 0 Å². The number of anilines is 2. The molecule has 19 heavy (non-hydrogen) atoms. The van der Waals surface area contributed by atoms with Crippen molar-refractivity contribution < 1.29 is 0 Å². The van der Waals surface area contributed by atoms with Gasteiger partial charge in [0, 0.05) is 10.9 Å². The van der Waals surface area contributed by atoms with Crippen molar-refractivity contribution in [2.75, 3.05) is 17.3 Å². The molecule has 1 atom stereocenters. The van der Waals surface area contributed by atoms with Gasteiger partial charge in [-0.15, -0.1) is 11.3 Å². The second kappa shape index (κ2) is 6.77. The van der Waals surface area contributed by atoms with Gasteiger partial charge in [-0.25, -0.2) is 9.97 Å². The molecule has 0 radical (unpaired) electrons. The van der Waals surface area contributed by atoms with E-state index in [1.54, 1.807) is 17.4 Å². The van der Waals surface area contributed by atoms with E-state index in [0.717, 1.165) is 18.7 Å². The second-order valence-corrected chi connectivity index (χ2v) is 5.92. The van der Waals surface area contributed by atoms with Crippen LogP contribution >= 0.6 is 23.1 Å². The van der Waals surface area contributed by atoms with E-state index in [9.17, 15) is 0 Å². The Labute approximate surface area is 121 Å². The first-order chi connectivity index (χ1) is 9.22. The lowest BCUT2D eigenvalue weighted by molar-refractivity contribution is 0.682. The van der Waals surface area contributed by atoms with Crippen LogP contribution in [0.25, 0.3) is 0 Å². The molecule has 3 N–H and O–H groups in total. The fraction of sp³-hybridized carbons (Fsp3) is 0.385. The molecule has 0 aliphatic carbocycles. The van der Waals surface area contributed by atoms with Gasteiger partial charge in [0.15, 0.2) is 5.16 Å². The zero-order valence-electron chi connectivity index (χ0n) is 11.1. The lowest BCUT2D eigenvalue weighted by Crippen LogP contribution is -2.11. The Balaban J connectivity index is 2.19. The minimum absolute atomic E-state index is 0.286. The quantitative estimate of drug-likeness (QED) is 0.627. The van der Waals surface area contributed by atoms with Gasteiger partial charge in [0.2, 0.25) is 0 Å². The van der Waals surface area contributed by atoms with Gasteiger partial charge >= 0.3 is 0 Å². The molecule has 0 saturated heterocycles. The van der Waals surface area contributed by atoms with Crippen molar-refractivity contribution in [3.63, 3.8) is 0 Å². The molecule has 2 rings (SSSR count). The molecule has 0 spiro atoms. The van der Waals surface area contributed by atoms with Gasteiger partial charge in [0.1, 0.15) is 11.6 Å². The van der Waals surface area contributed by atoms with Crippen molar-refractivity contribution in [3.05, 3.63) is 28.5 Å². The second-order valence-electron chi connectivity index (χ2n) is 4.17. The summed E-state index contributed by atoms with van der Waals surface area (Å²) in [4.78, 5) is 9.93. The maximum atomic E-state index is 5.80. The zero-order valence-corrected chi connectivity index (χ0v) is 12.7. The Morgan fingerprint density at radius 2 is 2.32 bits per heavy atom. The summed E-state index contributed by atoms with van der Waals surface area (Å²) < 4.78 is 0. The van der Waals surface area contributed by atoms with Crippen molar-refractivity contribution in [1.82, 2.24) is 9.97 Å². The third-order valence-corrected chi connectivity index (χ3v) is 4.23. The summed E-state index contributed by atoms with van der Waals surface area (Å²) in [5, 5.41) is 6.26. The molecule has 1 unspecified atom stereocenters. The molecule has 2 aromatic rings. The fourth-order valence-electron chi connectivity index (χ4n) is 1.85. The van der Waals surface area contributed by atoms with Gasteiger partial charge in [-0.1, -0.05) is 31.2 Å². The van der Waals surface area contributed by atoms with Crippen LogP contribution in [-0.4, -0.2) is 16.2 Å². The molecule has 102 valence electrons. The first kappa shape index (κ1) is 14.1. The highest BCUT2D eigenvalue weighted by atomic mass is 32.2. The molecule has 4 nitrogen and oxygen atoms in total. The first-order valence-electron chi connectivity index (χ1n) is 6.21. The molecule has 2 heterocycles. The van der Waals surface area contributed by atoms with E-state index in [-0.39, 0.29) is 6.04 Å². The lowest BCUT2D eigenvalue weighted by atomic mass is 10.1. The Kier molecular flexibility index (Phi) is 5.04. The van der Waals surface area contributed by atoms with Crippen LogP contribution in [0.15, 0.2) is 28.7 Å². The van der Waals surface area contributed by atoms with Gasteiger partial charge in [0.25, 0.3) is 0 Å². The predicted molar refractivity (Wildman–Crippen MR) is 83.8 cm³/mol. The number of nitrogens with one attached hydrogen (secondary N) is 1. The van der Waals surface area contributed by atoms with Crippen LogP contribution in [0.1, 0.15) is 30.7 Å². The fourth-order valence-corrected chi connectivity index (χ4v) is 3.05. The molecule has 0 aliphatic heterocycles. The number of thiophene rings is 1. The predicted octanol–water partition coefficient (Wildman–Crippen LogP) is 3.80. The molecule has 2 aromatic heterocycles. The number of thioether (sulfide) groups is 1. The smallest absolute Gasteiger partial charge is 0.191 e. The van der Waals surface area contributed by atoms with Crippen LogP contribution in [0.3, 0.4) is 0 Å².